The van der Waals surface area contributed by atoms with Gasteiger partial charge in [0.05, 0.1) is 0 Å². The molecule has 0 rings (SSSR count). The molecule has 0 fully saturated rings. The molecule has 0 saturated carbocycles. The summed E-state index contributed by atoms with van der Waals surface area (Å²) in [5.41, 5.74) is 0.0610. The first-order valence-electron chi connectivity index (χ1n) is 4.01. The van der Waals surface area contributed by atoms with Crippen LogP contribution in [0.3, 0.4) is 0 Å². The van der Waals surface area contributed by atoms with Crippen molar-refractivity contribution in [3.8, 4) is 0 Å². The van der Waals surface area contributed by atoms with Crippen LogP contribution < -0.4 is 0 Å². The fraction of sp³-hybridized carbons (Fsp3) is 0.600. The molecule has 0 aromatic carbocycles. The average molecular weight is 154 g/mol. The Morgan fingerprint density at radius 2 is 2.09 bits per heavy atom. The Balaban J connectivity index is 3.52. The molecule has 0 aliphatic rings. The second kappa shape index (κ2) is 5.14. The molecular weight excluding hydrogens is 136 g/mol. The van der Waals surface area contributed by atoms with Crippen LogP contribution in [0, 0.1) is 5.41 Å². The standard InChI is InChI=1S/C10H18O/c1-4-5-6-7-8-10(2,3)9-11/h4-6,11H,1,7-9H2,2-3H3. The van der Waals surface area contributed by atoms with E-state index in [0.29, 0.717) is 0 Å². The lowest BCUT2D eigenvalue weighted by molar-refractivity contribution is 0.151. The maximum Gasteiger partial charge on any atom is 0.0482 e. The molecule has 0 aromatic heterocycles. The molecule has 0 heterocycles. The molecule has 0 atom stereocenters. The van der Waals surface area contributed by atoms with Crippen molar-refractivity contribution in [1.29, 1.82) is 0 Å². The monoisotopic (exact) mass is 154 g/mol. The predicted octanol–water partition coefficient (Wildman–Crippen LogP) is 2.53. The molecule has 11 heavy (non-hydrogen) atoms. The second-order valence-electron chi connectivity index (χ2n) is 3.52. The van der Waals surface area contributed by atoms with Gasteiger partial charge in [-0.3, -0.25) is 0 Å². The van der Waals surface area contributed by atoms with E-state index in [2.05, 4.69) is 26.5 Å². The van der Waals surface area contributed by atoms with Crippen molar-refractivity contribution in [3.63, 3.8) is 0 Å². The van der Waals surface area contributed by atoms with Gasteiger partial charge in [-0.1, -0.05) is 38.7 Å². The minimum Gasteiger partial charge on any atom is -0.396 e. The molecule has 1 N–H and O–H groups in total. The second-order valence-corrected chi connectivity index (χ2v) is 3.52. The van der Waals surface area contributed by atoms with Crippen LogP contribution in [0.4, 0.5) is 0 Å². The van der Waals surface area contributed by atoms with E-state index >= 15 is 0 Å². The van der Waals surface area contributed by atoms with Crippen molar-refractivity contribution in [1.82, 2.24) is 0 Å². The number of rotatable bonds is 5. The number of aliphatic hydroxyl groups excluding tert-OH is 1. The Morgan fingerprint density at radius 1 is 1.45 bits per heavy atom. The quantitative estimate of drug-likeness (QED) is 0.603. The first-order chi connectivity index (χ1) is 5.12. The summed E-state index contributed by atoms with van der Waals surface area (Å²) >= 11 is 0. The lowest BCUT2D eigenvalue weighted by Crippen LogP contribution is -2.15. The van der Waals surface area contributed by atoms with Crippen LogP contribution in [-0.4, -0.2) is 11.7 Å². The van der Waals surface area contributed by atoms with E-state index in [0.717, 1.165) is 12.8 Å². The van der Waals surface area contributed by atoms with Crippen LogP contribution >= 0.6 is 0 Å². The molecule has 0 unspecified atom stereocenters. The van der Waals surface area contributed by atoms with E-state index < -0.39 is 0 Å². The molecule has 0 saturated heterocycles. The molecular formula is C10H18O. The van der Waals surface area contributed by atoms with Gasteiger partial charge in [0, 0.05) is 6.61 Å². The molecule has 0 spiro atoms. The Bertz CT molecular complexity index is 134. The van der Waals surface area contributed by atoms with Crippen molar-refractivity contribution in [2.24, 2.45) is 5.41 Å². The largest absolute Gasteiger partial charge is 0.396 e. The van der Waals surface area contributed by atoms with Gasteiger partial charge in [0.25, 0.3) is 0 Å². The Morgan fingerprint density at radius 3 is 2.55 bits per heavy atom. The molecule has 1 heteroatoms. The maximum atomic E-state index is 8.91. The normalized spacial score (nSPS) is 12.3. The Kier molecular flexibility index (Phi) is 4.88. The highest BCUT2D eigenvalue weighted by Gasteiger charge is 2.14. The summed E-state index contributed by atoms with van der Waals surface area (Å²) in [6.07, 6.45) is 7.82. The van der Waals surface area contributed by atoms with Crippen LogP contribution in [0.5, 0.6) is 0 Å². The van der Waals surface area contributed by atoms with Gasteiger partial charge in [-0.25, -0.2) is 0 Å². The first kappa shape index (κ1) is 10.4. The third-order valence-electron chi connectivity index (χ3n) is 1.69. The zero-order valence-electron chi connectivity index (χ0n) is 7.51. The minimum atomic E-state index is 0.0610. The van der Waals surface area contributed by atoms with Gasteiger partial charge in [0.15, 0.2) is 0 Å². The lowest BCUT2D eigenvalue weighted by Gasteiger charge is -2.19. The van der Waals surface area contributed by atoms with Crippen molar-refractivity contribution in [2.75, 3.05) is 6.61 Å². The van der Waals surface area contributed by atoms with E-state index in [4.69, 9.17) is 5.11 Å². The van der Waals surface area contributed by atoms with Gasteiger partial charge < -0.3 is 5.11 Å². The molecule has 0 aliphatic heterocycles. The third-order valence-corrected chi connectivity index (χ3v) is 1.69. The molecule has 0 bridgehead atoms. The Labute approximate surface area is 69.4 Å². The van der Waals surface area contributed by atoms with Gasteiger partial charge >= 0.3 is 0 Å². The van der Waals surface area contributed by atoms with Crippen molar-refractivity contribution in [2.45, 2.75) is 26.7 Å². The predicted molar refractivity (Wildman–Crippen MR) is 49.4 cm³/mol. The van der Waals surface area contributed by atoms with Gasteiger partial charge in [0.2, 0.25) is 0 Å². The topological polar surface area (TPSA) is 20.2 Å². The summed E-state index contributed by atoms with van der Waals surface area (Å²) in [5, 5.41) is 8.91. The number of hydrogen-bond donors (Lipinski definition) is 1. The highest BCUT2D eigenvalue weighted by Crippen LogP contribution is 2.20. The summed E-state index contributed by atoms with van der Waals surface area (Å²) in [4.78, 5) is 0. The molecule has 0 radical (unpaired) electrons. The van der Waals surface area contributed by atoms with E-state index in [1.807, 2.05) is 6.08 Å². The van der Waals surface area contributed by atoms with E-state index in [9.17, 15) is 0 Å². The summed E-state index contributed by atoms with van der Waals surface area (Å²) in [6, 6.07) is 0. The smallest absolute Gasteiger partial charge is 0.0482 e. The molecule has 0 amide bonds. The fourth-order valence-corrected chi connectivity index (χ4v) is 0.746. The van der Waals surface area contributed by atoms with E-state index in [-0.39, 0.29) is 12.0 Å². The third kappa shape index (κ3) is 5.86. The summed E-state index contributed by atoms with van der Waals surface area (Å²) in [7, 11) is 0. The fourth-order valence-electron chi connectivity index (χ4n) is 0.746. The number of hydrogen-bond acceptors (Lipinski definition) is 1. The number of aliphatic hydroxyl groups is 1. The van der Waals surface area contributed by atoms with Gasteiger partial charge in [-0.15, -0.1) is 0 Å². The minimum absolute atomic E-state index is 0.0610. The highest BCUT2D eigenvalue weighted by atomic mass is 16.3. The van der Waals surface area contributed by atoms with Crippen LogP contribution in [0.1, 0.15) is 26.7 Å². The molecule has 0 aromatic rings. The van der Waals surface area contributed by atoms with Crippen molar-refractivity contribution in [3.05, 3.63) is 24.8 Å². The van der Waals surface area contributed by atoms with Gasteiger partial charge in [-0.05, 0) is 18.3 Å². The average Bonchev–Trinajstić information content (AvgIpc) is 1.99. The molecule has 64 valence electrons. The number of allylic oxidation sites excluding steroid dienone is 3. The van der Waals surface area contributed by atoms with Crippen molar-refractivity contribution >= 4 is 0 Å². The Hall–Kier alpha value is -0.560. The molecule has 0 aliphatic carbocycles. The molecule has 1 nitrogen and oxygen atoms in total. The summed E-state index contributed by atoms with van der Waals surface area (Å²) < 4.78 is 0. The lowest BCUT2D eigenvalue weighted by atomic mass is 9.89. The van der Waals surface area contributed by atoms with Gasteiger partial charge in [-0.2, -0.15) is 0 Å². The first-order valence-corrected chi connectivity index (χ1v) is 4.01. The van der Waals surface area contributed by atoms with Crippen molar-refractivity contribution < 1.29 is 5.11 Å². The zero-order valence-corrected chi connectivity index (χ0v) is 7.51. The van der Waals surface area contributed by atoms with E-state index in [1.165, 1.54) is 0 Å². The SMILES string of the molecule is C=CC=CCCC(C)(C)CO. The van der Waals surface area contributed by atoms with E-state index in [1.54, 1.807) is 6.08 Å². The van der Waals surface area contributed by atoms with Crippen LogP contribution in [-0.2, 0) is 0 Å². The maximum absolute atomic E-state index is 8.91. The summed E-state index contributed by atoms with van der Waals surface area (Å²) in [6.45, 7) is 7.97. The van der Waals surface area contributed by atoms with Gasteiger partial charge in [0.1, 0.15) is 0 Å². The van der Waals surface area contributed by atoms with Crippen LogP contribution in [0.15, 0.2) is 24.8 Å². The highest BCUT2D eigenvalue weighted by molar-refractivity contribution is 4.97. The van der Waals surface area contributed by atoms with Crippen LogP contribution in [0.2, 0.25) is 0 Å². The zero-order chi connectivity index (χ0) is 8.74. The summed E-state index contributed by atoms with van der Waals surface area (Å²) in [5.74, 6) is 0. The van der Waals surface area contributed by atoms with Crippen LogP contribution in [0.25, 0.3) is 0 Å².